The summed E-state index contributed by atoms with van der Waals surface area (Å²) < 4.78 is 20.2. The number of anilines is 1. The predicted octanol–water partition coefficient (Wildman–Crippen LogP) is 5.29. The molecule has 0 bridgehead atoms. The van der Waals surface area contributed by atoms with Gasteiger partial charge in [-0.05, 0) is 42.0 Å². The largest absolute Gasteiger partial charge is 0.465 e. The molecule has 1 aromatic heterocycles. The molecule has 1 aliphatic heterocycles. The van der Waals surface area contributed by atoms with Gasteiger partial charge in [-0.15, -0.1) is 0 Å². The molecule has 0 aliphatic carbocycles. The van der Waals surface area contributed by atoms with Crippen LogP contribution >= 0.6 is 0 Å². The first-order valence-electron chi connectivity index (χ1n) is 11.4. The summed E-state index contributed by atoms with van der Waals surface area (Å²) in [5.74, 6) is -0.517. The number of furan rings is 1. The highest BCUT2D eigenvalue weighted by molar-refractivity contribution is 6.06. The van der Waals surface area contributed by atoms with Gasteiger partial charge in [0.05, 0.1) is 11.3 Å². The summed E-state index contributed by atoms with van der Waals surface area (Å²) in [4.78, 5) is 27.4. The van der Waals surface area contributed by atoms with Crippen LogP contribution in [0.3, 0.4) is 0 Å². The fourth-order valence-electron chi connectivity index (χ4n) is 4.30. The molecule has 7 nitrogen and oxygen atoms in total. The number of nitrogens with one attached hydrogen (secondary N) is 1. The van der Waals surface area contributed by atoms with E-state index in [4.69, 9.17) is 9.52 Å². The highest BCUT2D eigenvalue weighted by Gasteiger charge is 2.21. The first-order chi connectivity index (χ1) is 17.0. The van der Waals surface area contributed by atoms with Crippen LogP contribution in [0.5, 0.6) is 0 Å². The van der Waals surface area contributed by atoms with Crippen molar-refractivity contribution in [1.82, 2.24) is 9.80 Å². The fourth-order valence-corrected chi connectivity index (χ4v) is 4.30. The van der Waals surface area contributed by atoms with Gasteiger partial charge in [0.25, 0.3) is 5.91 Å². The highest BCUT2D eigenvalue weighted by Crippen LogP contribution is 2.33. The van der Waals surface area contributed by atoms with Gasteiger partial charge in [-0.2, -0.15) is 0 Å². The number of para-hydroxylation sites is 1. The third-order valence-corrected chi connectivity index (χ3v) is 6.19. The van der Waals surface area contributed by atoms with Crippen molar-refractivity contribution in [2.45, 2.75) is 6.54 Å². The molecule has 2 heterocycles. The molecule has 178 valence electrons. The first-order valence-corrected chi connectivity index (χ1v) is 11.4. The lowest BCUT2D eigenvalue weighted by Gasteiger charge is -2.33. The van der Waals surface area contributed by atoms with E-state index in [2.05, 4.69) is 10.2 Å². The molecule has 1 aliphatic rings. The number of piperazine rings is 1. The SMILES string of the molecule is O=C(Nc1ccccc1-c1cc2ccc(CN3CCN(C(=O)O)CC3)cc2o1)c1ccccc1F. The van der Waals surface area contributed by atoms with E-state index in [0.29, 0.717) is 49.7 Å². The zero-order valence-electron chi connectivity index (χ0n) is 18.9. The number of carbonyl (C=O) groups is 2. The van der Waals surface area contributed by atoms with Crippen LogP contribution in [-0.4, -0.2) is 53.1 Å². The lowest BCUT2D eigenvalue weighted by molar-refractivity contribution is 0.101. The zero-order valence-corrected chi connectivity index (χ0v) is 18.9. The second kappa shape index (κ2) is 9.60. The number of fused-ring (bicyclic) bond motifs is 1. The Bertz CT molecular complexity index is 1390. The average molecular weight is 474 g/mol. The molecule has 3 aromatic carbocycles. The monoisotopic (exact) mass is 473 g/mol. The molecule has 35 heavy (non-hydrogen) atoms. The molecule has 2 N–H and O–H groups in total. The van der Waals surface area contributed by atoms with Crippen molar-refractivity contribution in [2.24, 2.45) is 0 Å². The van der Waals surface area contributed by atoms with Crippen LogP contribution in [-0.2, 0) is 6.54 Å². The molecule has 0 radical (unpaired) electrons. The quantitative estimate of drug-likeness (QED) is 0.412. The van der Waals surface area contributed by atoms with Crippen LogP contribution < -0.4 is 5.32 Å². The third kappa shape index (κ3) is 4.88. The lowest BCUT2D eigenvalue weighted by Crippen LogP contribution is -2.47. The van der Waals surface area contributed by atoms with E-state index in [1.54, 1.807) is 24.3 Å². The maximum atomic E-state index is 14.1. The van der Waals surface area contributed by atoms with Gasteiger partial charge in [0.1, 0.15) is 17.2 Å². The van der Waals surface area contributed by atoms with Gasteiger partial charge < -0.3 is 19.7 Å². The van der Waals surface area contributed by atoms with E-state index in [1.807, 2.05) is 36.4 Å². The average Bonchev–Trinajstić information content (AvgIpc) is 3.28. The Labute approximate surface area is 201 Å². The Morgan fingerprint density at radius 1 is 0.943 bits per heavy atom. The maximum Gasteiger partial charge on any atom is 0.407 e. The maximum absolute atomic E-state index is 14.1. The highest BCUT2D eigenvalue weighted by atomic mass is 19.1. The molecule has 1 saturated heterocycles. The van der Waals surface area contributed by atoms with Crippen molar-refractivity contribution < 1.29 is 23.5 Å². The zero-order chi connectivity index (χ0) is 24.4. The number of hydrogen-bond donors (Lipinski definition) is 2. The molecule has 0 atom stereocenters. The second-order valence-electron chi connectivity index (χ2n) is 8.51. The van der Waals surface area contributed by atoms with Gasteiger partial charge in [0.15, 0.2) is 0 Å². The van der Waals surface area contributed by atoms with Gasteiger partial charge in [0.2, 0.25) is 0 Å². The van der Waals surface area contributed by atoms with E-state index in [-0.39, 0.29) is 5.56 Å². The van der Waals surface area contributed by atoms with Crippen LogP contribution in [0.2, 0.25) is 0 Å². The fraction of sp³-hybridized carbons (Fsp3) is 0.185. The van der Waals surface area contributed by atoms with Crippen LogP contribution in [0.4, 0.5) is 14.9 Å². The van der Waals surface area contributed by atoms with Crippen LogP contribution in [0.15, 0.2) is 77.2 Å². The minimum absolute atomic E-state index is 0.0271. The number of nitrogens with zero attached hydrogens (tertiary/aromatic N) is 2. The van der Waals surface area contributed by atoms with Crippen molar-refractivity contribution in [3.63, 3.8) is 0 Å². The van der Waals surface area contributed by atoms with Gasteiger partial charge >= 0.3 is 6.09 Å². The summed E-state index contributed by atoms with van der Waals surface area (Å²) in [6.07, 6.45) is -0.875. The Morgan fingerprint density at radius 3 is 2.46 bits per heavy atom. The van der Waals surface area contributed by atoms with E-state index in [1.165, 1.54) is 17.0 Å². The van der Waals surface area contributed by atoms with Gasteiger partial charge in [-0.3, -0.25) is 9.69 Å². The van der Waals surface area contributed by atoms with Crippen molar-refractivity contribution in [2.75, 3.05) is 31.5 Å². The Balaban J connectivity index is 1.35. The minimum atomic E-state index is -0.875. The summed E-state index contributed by atoms with van der Waals surface area (Å²) in [7, 11) is 0. The number of carbonyl (C=O) groups excluding carboxylic acids is 1. The summed E-state index contributed by atoms with van der Waals surface area (Å²) in [5, 5.41) is 12.8. The number of hydrogen-bond acceptors (Lipinski definition) is 4. The number of halogens is 1. The standard InChI is InChI=1S/C27H24FN3O4/c28-22-7-3-1-5-20(22)26(32)29-23-8-4-2-6-21(23)25-16-19-10-9-18(15-24(19)35-25)17-30-11-13-31(14-12-30)27(33)34/h1-10,15-16H,11-14,17H2,(H,29,32)(H,33,34). The van der Waals surface area contributed by atoms with Crippen LogP contribution in [0, 0.1) is 5.82 Å². The Hall–Kier alpha value is -4.17. The molecular formula is C27H24FN3O4. The minimum Gasteiger partial charge on any atom is -0.465 e. The molecule has 1 fully saturated rings. The smallest absolute Gasteiger partial charge is 0.407 e. The van der Waals surface area contributed by atoms with E-state index in [0.717, 1.165) is 16.5 Å². The van der Waals surface area contributed by atoms with Gasteiger partial charge in [0, 0.05) is 43.7 Å². The molecule has 2 amide bonds. The molecule has 4 aromatic rings. The molecule has 0 spiro atoms. The Morgan fingerprint density at radius 2 is 1.69 bits per heavy atom. The van der Waals surface area contributed by atoms with Crippen LogP contribution in [0.25, 0.3) is 22.3 Å². The van der Waals surface area contributed by atoms with E-state index in [9.17, 15) is 14.0 Å². The van der Waals surface area contributed by atoms with Gasteiger partial charge in [-0.1, -0.05) is 36.4 Å². The van der Waals surface area contributed by atoms with Crippen molar-refractivity contribution >= 4 is 28.7 Å². The van der Waals surface area contributed by atoms with E-state index < -0.39 is 17.8 Å². The third-order valence-electron chi connectivity index (χ3n) is 6.19. The summed E-state index contributed by atoms with van der Waals surface area (Å²) in [6.45, 7) is 3.07. The van der Waals surface area contributed by atoms with Gasteiger partial charge in [-0.25, -0.2) is 9.18 Å². The number of benzene rings is 3. The Kier molecular flexibility index (Phi) is 6.20. The molecule has 0 saturated carbocycles. The first kappa shape index (κ1) is 22.6. The molecule has 8 heteroatoms. The lowest BCUT2D eigenvalue weighted by atomic mass is 10.1. The second-order valence-corrected chi connectivity index (χ2v) is 8.51. The molecule has 0 unspecified atom stereocenters. The number of carboxylic acid groups (broad SMARTS) is 1. The van der Waals surface area contributed by atoms with Crippen molar-refractivity contribution in [1.29, 1.82) is 0 Å². The number of rotatable bonds is 5. The van der Waals surface area contributed by atoms with E-state index >= 15 is 0 Å². The summed E-state index contributed by atoms with van der Waals surface area (Å²) >= 11 is 0. The summed E-state index contributed by atoms with van der Waals surface area (Å²) in [6, 6.07) is 21.0. The van der Waals surface area contributed by atoms with Crippen LogP contribution in [0.1, 0.15) is 15.9 Å². The topological polar surface area (TPSA) is 86.0 Å². The molecule has 5 rings (SSSR count). The van der Waals surface area contributed by atoms with Crippen molar-refractivity contribution in [3.05, 3.63) is 89.7 Å². The van der Waals surface area contributed by atoms with Crippen molar-refractivity contribution in [3.8, 4) is 11.3 Å². The predicted molar refractivity (Wildman–Crippen MR) is 131 cm³/mol. The normalized spacial score (nSPS) is 14.3. The molecular weight excluding hydrogens is 449 g/mol. The number of amides is 2. The summed E-state index contributed by atoms with van der Waals surface area (Å²) in [5.41, 5.74) is 2.98.